The molecule has 0 heterocycles. The standard InChI is InChI=1S/C28H26N2O5/c1-27(18-9-3-2-4-10-18,24(31)29-28(15-16-28)25(32)33)30-26(34)35-17-23-21-13-7-5-11-19(21)20-12-6-8-14-22(20)23/h2-14,23H,15-17H2,1H3,(H,29,31)(H,30,34)(H,32,33). The molecule has 35 heavy (non-hydrogen) atoms. The third-order valence-electron chi connectivity index (χ3n) is 7.01. The fraction of sp³-hybridized carbons (Fsp3) is 0.250. The van der Waals surface area contributed by atoms with Gasteiger partial charge in [-0.05, 0) is 47.6 Å². The number of nitrogens with one attached hydrogen (secondary N) is 2. The van der Waals surface area contributed by atoms with E-state index in [1.807, 2.05) is 36.4 Å². The second-order valence-corrected chi connectivity index (χ2v) is 9.28. The van der Waals surface area contributed by atoms with Crippen LogP contribution in [0, 0.1) is 0 Å². The Bertz CT molecular complexity index is 1260. The molecule has 3 aromatic carbocycles. The van der Waals surface area contributed by atoms with Gasteiger partial charge in [0, 0.05) is 5.92 Å². The van der Waals surface area contributed by atoms with Crippen LogP contribution in [0.3, 0.4) is 0 Å². The quantitative estimate of drug-likeness (QED) is 0.481. The fourth-order valence-electron chi connectivity index (χ4n) is 4.73. The first kappa shape index (κ1) is 22.7. The zero-order valence-electron chi connectivity index (χ0n) is 19.3. The van der Waals surface area contributed by atoms with Crippen molar-refractivity contribution in [3.8, 4) is 11.1 Å². The lowest BCUT2D eigenvalue weighted by molar-refractivity contribution is -0.144. The topological polar surface area (TPSA) is 105 Å². The van der Waals surface area contributed by atoms with E-state index in [1.54, 1.807) is 37.3 Å². The molecule has 2 aliphatic carbocycles. The minimum absolute atomic E-state index is 0.103. The first-order chi connectivity index (χ1) is 16.8. The number of carboxylic acids is 1. The van der Waals surface area contributed by atoms with Gasteiger partial charge in [-0.15, -0.1) is 0 Å². The molecule has 0 saturated heterocycles. The first-order valence-electron chi connectivity index (χ1n) is 11.6. The number of aliphatic carboxylic acids is 1. The van der Waals surface area contributed by atoms with Crippen LogP contribution in [0.1, 0.15) is 42.4 Å². The maximum absolute atomic E-state index is 13.3. The third kappa shape index (κ3) is 4.03. The van der Waals surface area contributed by atoms with Crippen molar-refractivity contribution in [3.05, 3.63) is 95.6 Å². The van der Waals surface area contributed by atoms with Gasteiger partial charge in [-0.1, -0.05) is 78.9 Å². The molecule has 5 rings (SSSR count). The number of hydrogen-bond donors (Lipinski definition) is 3. The lowest BCUT2D eigenvalue weighted by atomic mass is 9.90. The third-order valence-corrected chi connectivity index (χ3v) is 7.01. The Hall–Kier alpha value is -4.13. The number of alkyl carbamates (subject to hydrolysis) is 1. The largest absolute Gasteiger partial charge is 0.480 e. The van der Waals surface area contributed by atoms with Gasteiger partial charge in [0.2, 0.25) is 0 Å². The van der Waals surface area contributed by atoms with E-state index < -0.39 is 29.0 Å². The van der Waals surface area contributed by atoms with Crippen LogP contribution < -0.4 is 10.6 Å². The van der Waals surface area contributed by atoms with Gasteiger partial charge in [0.15, 0.2) is 0 Å². The first-order valence-corrected chi connectivity index (χ1v) is 11.6. The summed E-state index contributed by atoms with van der Waals surface area (Å²) in [5.74, 6) is -1.80. The fourth-order valence-corrected chi connectivity index (χ4v) is 4.73. The van der Waals surface area contributed by atoms with Crippen LogP contribution in [0.25, 0.3) is 11.1 Å². The molecule has 7 nitrogen and oxygen atoms in total. The highest BCUT2D eigenvalue weighted by Gasteiger charge is 2.54. The number of hydrogen-bond acceptors (Lipinski definition) is 4. The lowest BCUT2D eigenvalue weighted by Gasteiger charge is -2.31. The van der Waals surface area contributed by atoms with E-state index in [0.717, 1.165) is 22.3 Å². The summed E-state index contributed by atoms with van der Waals surface area (Å²) in [4.78, 5) is 37.9. The number of ether oxygens (including phenoxy) is 1. The van der Waals surface area contributed by atoms with E-state index in [0.29, 0.717) is 18.4 Å². The van der Waals surface area contributed by atoms with Crippen LogP contribution >= 0.6 is 0 Å². The number of amides is 2. The van der Waals surface area contributed by atoms with Crippen LogP contribution in [-0.2, 0) is 19.9 Å². The van der Waals surface area contributed by atoms with Crippen LogP contribution in [0.15, 0.2) is 78.9 Å². The summed E-state index contributed by atoms with van der Waals surface area (Å²) in [6, 6.07) is 24.8. The Balaban J connectivity index is 1.35. The van der Waals surface area contributed by atoms with Gasteiger partial charge in [-0.2, -0.15) is 0 Å². The number of carboxylic acid groups (broad SMARTS) is 1. The number of fused-ring (bicyclic) bond motifs is 3. The molecule has 3 aromatic rings. The molecule has 0 aliphatic heterocycles. The van der Waals surface area contributed by atoms with Crippen molar-refractivity contribution in [2.75, 3.05) is 6.61 Å². The van der Waals surface area contributed by atoms with E-state index in [1.165, 1.54) is 0 Å². The highest BCUT2D eigenvalue weighted by atomic mass is 16.5. The average molecular weight is 471 g/mol. The summed E-state index contributed by atoms with van der Waals surface area (Å²) in [6.07, 6.45) is -0.0538. The van der Waals surface area contributed by atoms with Crippen molar-refractivity contribution in [3.63, 3.8) is 0 Å². The Morgan fingerprint density at radius 1 is 0.914 bits per heavy atom. The molecule has 1 saturated carbocycles. The predicted octanol–water partition coefficient (Wildman–Crippen LogP) is 4.17. The van der Waals surface area contributed by atoms with Crippen molar-refractivity contribution >= 4 is 18.0 Å². The van der Waals surface area contributed by atoms with Gasteiger partial charge < -0.3 is 20.5 Å². The lowest BCUT2D eigenvalue weighted by Crippen LogP contribution is -2.58. The molecule has 178 valence electrons. The van der Waals surface area contributed by atoms with Crippen molar-refractivity contribution in [1.82, 2.24) is 10.6 Å². The normalized spacial score (nSPS) is 16.8. The molecule has 1 unspecified atom stereocenters. The average Bonchev–Trinajstić information content (AvgIpc) is 3.59. The molecule has 1 fully saturated rings. The number of benzene rings is 3. The number of carbonyl (C=O) groups excluding carboxylic acids is 2. The Morgan fingerprint density at radius 3 is 2.00 bits per heavy atom. The molecule has 2 aliphatic rings. The summed E-state index contributed by atoms with van der Waals surface area (Å²) < 4.78 is 5.65. The summed E-state index contributed by atoms with van der Waals surface area (Å²) in [5, 5.41) is 14.8. The zero-order chi connectivity index (χ0) is 24.6. The van der Waals surface area contributed by atoms with Gasteiger partial charge >= 0.3 is 12.1 Å². The number of rotatable bonds is 7. The SMILES string of the molecule is CC(NC(=O)OCC1c2ccccc2-c2ccccc21)(C(=O)NC1(C(=O)O)CC1)c1ccccc1. The van der Waals surface area contributed by atoms with Gasteiger partial charge in [0.05, 0.1) is 0 Å². The molecule has 3 N–H and O–H groups in total. The summed E-state index contributed by atoms with van der Waals surface area (Å²) in [5.41, 5.74) is 2.13. The number of carbonyl (C=O) groups is 3. The van der Waals surface area contributed by atoms with Crippen LogP contribution in [0.2, 0.25) is 0 Å². The summed E-state index contributed by atoms with van der Waals surface area (Å²) in [7, 11) is 0. The van der Waals surface area contributed by atoms with E-state index >= 15 is 0 Å². The highest BCUT2D eigenvalue weighted by molar-refractivity contribution is 5.96. The Morgan fingerprint density at radius 2 is 1.46 bits per heavy atom. The molecule has 2 amide bonds. The minimum Gasteiger partial charge on any atom is -0.480 e. The zero-order valence-corrected chi connectivity index (χ0v) is 19.3. The molecule has 7 heteroatoms. The van der Waals surface area contributed by atoms with E-state index in [-0.39, 0.29) is 12.5 Å². The molecular weight excluding hydrogens is 444 g/mol. The van der Waals surface area contributed by atoms with Gasteiger partial charge in [0.25, 0.3) is 5.91 Å². The van der Waals surface area contributed by atoms with Crippen molar-refractivity contribution in [2.24, 2.45) is 0 Å². The Kier molecular flexibility index (Phi) is 5.55. The second kappa shape index (κ2) is 8.58. The summed E-state index contributed by atoms with van der Waals surface area (Å²) >= 11 is 0. The smallest absolute Gasteiger partial charge is 0.408 e. The monoisotopic (exact) mass is 470 g/mol. The molecule has 1 atom stereocenters. The van der Waals surface area contributed by atoms with E-state index in [9.17, 15) is 19.5 Å². The van der Waals surface area contributed by atoms with Crippen LogP contribution in [0.5, 0.6) is 0 Å². The molecule has 0 bridgehead atoms. The predicted molar refractivity (Wildman–Crippen MR) is 130 cm³/mol. The van der Waals surface area contributed by atoms with E-state index in [4.69, 9.17) is 4.74 Å². The van der Waals surface area contributed by atoms with Crippen LogP contribution in [0.4, 0.5) is 4.79 Å². The molecule has 0 radical (unpaired) electrons. The Labute approximate surface area is 203 Å². The van der Waals surface area contributed by atoms with Crippen molar-refractivity contribution in [1.29, 1.82) is 0 Å². The maximum atomic E-state index is 13.3. The maximum Gasteiger partial charge on any atom is 0.408 e. The molecule has 0 spiro atoms. The van der Waals surface area contributed by atoms with Crippen molar-refractivity contribution < 1.29 is 24.2 Å². The molecule has 0 aromatic heterocycles. The van der Waals surface area contributed by atoms with Crippen molar-refractivity contribution in [2.45, 2.75) is 36.8 Å². The van der Waals surface area contributed by atoms with Gasteiger partial charge in [0.1, 0.15) is 17.7 Å². The molecular formula is C28H26N2O5. The highest BCUT2D eigenvalue weighted by Crippen LogP contribution is 2.44. The second-order valence-electron chi connectivity index (χ2n) is 9.28. The summed E-state index contributed by atoms with van der Waals surface area (Å²) in [6.45, 7) is 1.66. The minimum atomic E-state index is -1.52. The van der Waals surface area contributed by atoms with Gasteiger partial charge in [-0.25, -0.2) is 9.59 Å². The van der Waals surface area contributed by atoms with Gasteiger partial charge in [-0.3, -0.25) is 4.79 Å². The van der Waals surface area contributed by atoms with E-state index in [2.05, 4.69) is 22.8 Å². The van der Waals surface area contributed by atoms with Crippen LogP contribution in [-0.4, -0.2) is 35.2 Å².